The number of pyridine rings is 1. The Bertz CT molecular complexity index is 1170. The van der Waals surface area contributed by atoms with Gasteiger partial charge in [0.15, 0.2) is 5.78 Å². The third kappa shape index (κ3) is 5.42. The van der Waals surface area contributed by atoms with Crippen LogP contribution in [0.5, 0.6) is 5.75 Å². The van der Waals surface area contributed by atoms with E-state index in [-0.39, 0.29) is 23.4 Å². The fourth-order valence-corrected chi connectivity index (χ4v) is 3.04. The van der Waals surface area contributed by atoms with E-state index >= 15 is 0 Å². The van der Waals surface area contributed by atoms with E-state index in [0.717, 1.165) is 4.68 Å². The Balaban J connectivity index is 1.94. The highest BCUT2D eigenvalue weighted by Crippen LogP contribution is 2.22. The van der Waals surface area contributed by atoms with Gasteiger partial charge in [-0.25, -0.2) is 8.78 Å². The van der Waals surface area contributed by atoms with E-state index in [1.165, 1.54) is 24.4 Å². The molecule has 0 aliphatic rings. The zero-order valence-electron chi connectivity index (χ0n) is 17.9. The summed E-state index contributed by atoms with van der Waals surface area (Å²) in [4.78, 5) is 30.1. The number of alkyl halides is 2. The van der Waals surface area contributed by atoms with Gasteiger partial charge in [0.2, 0.25) is 0 Å². The molecule has 32 heavy (non-hydrogen) atoms. The molecule has 0 saturated heterocycles. The molecule has 0 aliphatic carbocycles. The van der Waals surface area contributed by atoms with Gasteiger partial charge in [-0.3, -0.25) is 14.6 Å². The lowest BCUT2D eigenvalue weighted by Gasteiger charge is -2.17. The standard InChI is InChI=1S/C23H23F2N3O4/c1-14-10-17(19(29)11-16-9-8-15(12-26-16)23(2,3)31)22(30)28(27-14)18-6-4-5-7-20(18)32-13-21(24)25/h4-10,12,21,31H,11,13H2,1-3H3. The van der Waals surface area contributed by atoms with E-state index in [1.54, 1.807) is 45.0 Å². The quantitative estimate of drug-likeness (QED) is 0.537. The zero-order valence-corrected chi connectivity index (χ0v) is 17.9. The second kappa shape index (κ2) is 9.35. The van der Waals surface area contributed by atoms with Crippen LogP contribution >= 0.6 is 0 Å². The number of aromatic nitrogens is 3. The van der Waals surface area contributed by atoms with Gasteiger partial charge in [-0.1, -0.05) is 18.2 Å². The molecule has 9 heteroatoms. The molecule has 1 aromatic carbocycles. The molecule has 2 aromatic heterocycles. The number of Topliss-reactive ketones (excluding diaryl/α,β-unsaturated/α-hetero) is 1. The van der Waals surface area contributed by atoms with Gasteiger partial charge in [0.05, 0.1) is 23.3 Å². The highest BCUT2D eigenvalue weighted by Gasteiger charge is 2.20. The minimum absolute atomic E-state index is 0.0512. The van der Waals surface area contributed by atoms with Gasteiger partial charge in [-0.2, -0.15) is 9.78 Å². The monoisotopic (exact) mass is 443 g/mol. The molecule has 7 nitrogen and oxygen atoms in total. The number of carbonyl (C=O) groups is 1. The third-order valence-corrected chi connectivity index (χ3v) is 4.67. The summed E-state index contributed by atoms with van der Waals surface area (Å²) in [6, 6.07) is 10.8. The van der Waals surface area contributed by atoms with Crippen molar-refractivity contribution in [2.45, 2.75) is 39.2 Å². The third-order valence-electron chi connectivity index (χ3n) is 4.67. The summed E-state index contributed by atoms with van der Waals surface area (Å²) in [5.74, 6) is -0.418. The van der Waals surface area contributed by atoms with Gasteiger partial charge in [0, 0.05) is 17.5 Å². The van der Waals surface area contributed by atoms with Gasteiger partial charge < -0.3 is 9.84 Å². The molecule has 2 heterocycles. The number of aryl methyl sites for hydroxylation is 1. The smallest absolute Gasteiger partial charge is 0.282 e. The molecular weight excluding hydrogens is 420 g/mol. The Morgan fingerprint density at radius 1 is 1.22 bits per heavy atom. The van der Waals surface area contributed by atoms with Crippen LogP contribution in [0, 0.1) is 6.92 Å². The predicted octanol–water partition coefficient (Wildman–Crippen LogP) is 3.23. The SMILES string of the molecule is Cc1cc(C(=O)Cc2ccc(C(C)(C)O)cn2)c(=O)n(-c2ccccc2OCC(F)F)n1. The van der Waals surface area contributed by atoms with Gasteiger partial charge in [0.25, 0.3) is 12.0 Å². The zero-order chi connectivity index (χ0) is 23.5. The maximum absolute atomic E-state index is 13.1. The van der Waals surface area contributed by atoms with Crippen LogP contribution in [0.3, 0.4) is 0 Å². The first-order valence-electron chi connectivity index (χ1n) is 9.88. The van der Waals surface area contributed by atoms with Crippen molar-refractivity contribution in [1.29, 1.82) is 0 Å². The minimum Gasteiger partial charge on any atom is -0.485 e. The Morgan fingerprint density at radius 3 is 2.56 bits per heavy atom. The van der Waals surface area contributed by atoms with Crippen LogP contribution in [0.1, 0.15) is 41.2 Å². The lowest BCUT2D eigenvalue weighted by Crippen LogP contribution is -2.29. The first kappa shape index (κ1) is 23.2. The Hall–Kier alpha value is -3.46. The van der Waals surface area contributed by atoms with E-state index < -0.39 is 30.0 Å². The molecule has 0 aliphatic heterocycles. The number of carbonyl (C=O) groups excluding carboxylic acids is 1. The van der Waals surface area contributed by atoms with Crippen LogP contribution in [-0.4, -0.2) is 38.7 Å². The molecule has 168 valence electrons. The molecule has 0 spiro atoms. The maximum atomic E-state index is 13.1. The molecule has 0 saturated carbocycles. The van der Waals surface area contributed by atoms with E-state index in [2.05, 4.69) is 10.1 Å². The van der Waals surface area contributed by atoms with Crippen molar-refractivity contribution in [2.75, 3.05) is 6.61 Å². The summed E-state index contributed by atoms with van der Waals surface area (Å²) in [6.07, 6.45) is -1.33. The van der Waals surface area contributed by atoms with E-state index in [1.807, 2.05) is 0 Å². The average molecular weight is 443 g/mol. The van der Waals surface area contributed by atoms with Crippen molar-refractivity contribution in [3.05, 3.63) is 81.5 Å². The number of halogens is 2. The van der Waals surface area contributed by atoms with Gasteiger partial charge in [-0.15, -0.1) is 0 Å². The highest BCUT2D eigenvalue weighted by molar-refractivity contribution is 5.97. The van der Waals surface area contributed by atoms with Crippen LogP contribution in [0.25, 0.3) is 5.69 Å². The molecule has 1 N–H and O–H groups in total. The Morgan fingerprint density at radius 2 is 1.94 bits per heavy atom. The number of rotatable bonds is 8. The largest absolute Gasteiger partial charge is 0.485 e. The lowest BCUT2D eigenvalue weighted by molar-refractivity contribution is 0.0782. The van der Waals surface area contributed by atoms with Crippen LogP contribution in [0.15, 0.2) is 53.5 Å². The van der Waals surface area contributed by atoms with Crippen molar-refractivity contribution >= 4 is 5.78 Å². The molecule has 0 unspecified atom stereocenters. The summed E-state index contributed by atoms with van der Waals surface area (Å²) >= 11 is 0. The number of hydrogen-bond donors (Lipinski definition) is 1. The van der Waals surface area contributed by atoms with Crippen LogP contribution in [-0.2, 0) is 12.0 Å². The molecule has 3 aromatic rings. The lowest BCUT2D eigenvalue weighted by atomic mass is 9.99. The molecule has 0 amide bonds. The van der Waals surface area contributed by atoms with Crippen LogP contribution in [0.2, 0.25) is 0 Å². The number of nitrogens with zero attached hydrogens (tertiary/aromatic N) is 3. The number of hydrogen-bond acceptors (Lipinski definition) is 6. The van der Waals surface area contributed by atoms with E-state index in [0.29, 0.717) is 17.0 Å². The summed E-state index contributed by atoms with van der Waals surface area (Å²) in [5, 5.41) is 14.2. The second-order valence-corrected chi connectivity index (χ2v) is 7.78. The van der Waals surface area contributed by atoms with Crippen LogP contribution in [0.4, 0.5) is 8.78 Å². The van der Waals surface area contributed by atoms with Crippen LogP contribution < -0.4 is 10.3 Å². The normalized spacial score (nSPS) is 11.6. The molecule has 0 fully saturated rings. The Labute approximate surface area is 183 Å². The van der Waals surface area contributed by atoms with E-state index in [4.69, 9.17) is 4.74 Å². The van der Waals surface area contributed by atoms with E-state index in [9.17, 15) is 23.5 Å². The van der Waals surface area contributed by atoms with Gasteiger partial charge in [0.1, 0.15) is 18.0 Å². The number of para-hydroxylation sites is 2. The highest BCUT2D eigenvalue weighted by atomic mass is 19.3. The van der Waals surface area contributed by atoms with Crippen molar-refractivity contribution in [3.63, 3.8) is 0 Å². The summed E-state index contributed by atoms with van der Waals surface area (Å²) in [5.41, 5.74) is -0.284. The molecule has 0 radical (unpaired) electrons. The fraction of sp³-hybridized carbons (Fsp3) is 0.304. The Kier molecular flexibility index (Phi) is 6.78. The minimum atomic E-state index is -2.68. The first-order chi connectivity index (χ1) is 15.1. The molecule has 3 rings (SSSR count). The maximum Gasteiger partial charge on any atom is 0.282 e. The average Bonchev–Trinajstić information content (AvgIpc) is 2.73. The molecule has 0 bridgehead atoms. The topological polar surface area (TPSA) is 94.3 Å². The van der Waals surface area contributed by atoms with Crippen molar-refractivity contribution in [3.8, 4) is 11.4 Å². The van der Waals surface area contributed by atoms with Crippen molar-refractivity contribution in [1.82, 2.24) is 14.8 Å². The van der Waals surface area contributed by atoms with Gasteiger partial charge >= 0.3 is 0 Å². The molecular formula is C23H23F2N3O4. The number of ether oxygens (including phenoxy) is 1. The first-order valence-corrected chi connectivity index (χ1v) is 9.88. The van der Waals surface area contributed by atoms with Crippen molar-refractivity contribution < 1.29 is 23.4 Å². The van der Waals surface area contributed by atoms with Crippen molar-refractivity contribution in [2.24, 2.45) is 0 Å². The summed E-state index contributed by atoms with van der Waals surface area (Å²) in [6.45, 7) is 4.03. The summed E-state index contributed by atoms with van der Waals surface area (Å²) in [7, 11) is 0. The second-order valence-electron chi connectivity index (χ2n) is 7.78. The number of benzene rings is 1. The summed E-state index contributed by atoms with van der Waals surface area (Å²) < 4.78 is 31.3. The number of ketones is 1. The van der Waals surface area contributed by atoms with Gasteiger partial charge in [-0.05, 0) is 45.0 Å². The molecule has 0 atom stereocenters. The number of aliphatic hydroxyl groups is 1. The predicted molar refractivity (Wildman–Crippen MR) is 114 cm³/mol. The fourth-order valence-electron chi connectivity index (χ4n) is 3.04.